The van der Waals surface area contributed by atoms with Gasteiger partial charge in [0.05, 0.1) is 0 Å². The van der Waals surface area contributed by atoms with Crippen LogP contribution in [0.25, 0.3) is 28.1 Å². The van der Waals surface area contributed by atoms with E-state index < -0.39 is 0 Å². The summed E-state index contributed by atoms with van der Waals surface area (Å²) in [5, 5.41) is 13.8. The van der Waals surface area contributed by atoms with Gasteiger partial charge in [-0.05, 0) is 0 Å². The van der Waals surface area contributed by atoms with Gasteiger partial charge in [0.1, 0.15) is 0 Å². The van der Waals surface area contributed by atoms with Crippen LogP contribution in [0.15, 0.2) is 30.6 Å². The van der Waals surface area contributed by atoms with Crippen molar-refractivity contribution >= 4 is 48.4 Å². The molecule has 30 heavy (non-hydrogen) atoms. The average molecular weight is 595 g/mol. The van der Waals surface area contributed by atoms with Gasteiger partial charge in [0, 0.05) is 0 Å². The van der Waals surface area contributed by atoms with Crippen LogP contribution in [-0.2, 0) is 0 Å². The number of hydrogen-bond acceptors (Lipinski definition) is 5. The van der Waals surface area contributed by atoms with Crippen molar-refractivity contribution in [3.05, 3.63) is 36.4 Å². The number of nitrogens with one attached hydrogen (secondary N) is 1. The molecule has 4 heterocycles. The molecule has 0 radical (unpaired) electrons. The Morgan fingerprint density at radius 1 is 1.13 bits per heavy atom. The number of nitrogens with zero attached hydrogens (tertiary/aromatic N) is 6. The predicted molar refractivity (Wildman–Crippen MR) is 113 cm³/mol. The molecule has 0 amide bonds. The van der Waals surface area contributed by atoms with E-state index in [2.05, 4.69) is 27.4 Å². The first-order valence-corrected chi connectivity index (χ1v) is 12.5. The van der Waals surface area contributed by atoms with Crippen LogP contribution < -0.4 is 5.32 Å². The van der Waals surface area contributed by atoms with Gasteiger partial charge in [-0.2, -0.15) is 0 Å². The molecule has 150 valence electrons. The summed E-state index contributed by atoms with van der Waals surface area (Å²) in [6.07, 6.45) is 8.53. The fraction of sp³-hybridized carbons (Fsp3) is 0.429. The number of rotatable bonds is 3. The van der Waals surface area contributed by atoms with Crippen LogP contribution in [0.4, 0.5) is 10.2 Å². The van der Waals surface area contributed by atoms with Crippen molar-refractivity contribution in [1.29, 1.82) is 0 Å². The Balaban J connectivity index is 1.49. The van der Waals surface area contributed by atoms with Crippen LogP contribution in [0.1, 0.15) is 32.6 Å². The van der Waals surface area contributed by atoms with Crippen molar-refractivity contribution in [2.45, 2.75) is 38.6 Å². The first-order chi connectivity index (χ1) is 14.6. The molecular weight excluding hydrogens is 574 g/mol. The first-order valence-electron chi connectivity index (χ1n) is 10.5. The number of halogens is 1. The van der Waals surface area contributed by atoms with Gasteiger partial charge in [-0.25, -0.2) is 0 Å². The first kappa shape index (κ1) is 18.6. The molecule has 2 atom stereocenters. The zero-order chi connectivity index (χ0) is 20.4. The van der Waals surface area contributed by atoms with Crippen molar-refractivity contribution in [3.63, 3.8) is 0 Å². The number of anilines is 1. The minimum absolute atomic E-state index is 0.306. The molecule has 3 saturated carbocycles. The van der Waals surface area contributed by atoms with Gasteiger partial charge in [0.15, 0.2) is 0 Å². The zero-order valence-corrected chi connectivity index (χ0v) is 21.2. The number of pyridine rings is 1. The van der Waals surface area contributed by atoms with Crippen LogP contribution in [0, 0.1) is 23.6 Å². The number of hydrogen-bond donors (Lipinski definition) is 1. The standard InChI is InChI=1S/C21H21FN7.Tl/c1-11-12-4-6-13(7-5-12)16(11)24-21-18-15(22)8-10-29(18)28-20(25-21)17-14-3-2-9-23-19(14)27-26-17;/h2-3,8-13,16H,4-7H2,1H3,(H-,23,24,25,26,27,28);/q-1;+1/t11-,12?,13?,16+;/m0./s1. The SMILES string of the molecule is C[C@H]1C2CCC(CC2)[C@@H]1Nc1nc(-c2n[n]([Tl])c3ncccc23)nn2ccc(F)c12. The summed E-state index contributed by atoms with van der Waals surface area (Å²) in [5.74, 6) is 2.67. The van der Waals surface area contributed by atoms with Crippen LogP contribution in [0.2, 0.25) is 0 Å². The normalized spacial score (nSPS) is 25.9. The summed E-state index contributed by atoms with van der Waals surface area (Å²) in [6, 6.07) is 5.64. The third kappa shape index (κ3) is 2.79. The Hall–Kier alpha value is -2.11. The molecule has 0 aromatic carbocycles. The monoisotopic (exact) mass is 595 g/mol. The molecule has 4 aromatic heterocycles. The van der Waals surface area contributed by atoms with Crippen molar-refractivity contribution in [2.75, 3.05) is 5.32 Å². The second-order valence-corrected chi connectivity index (χ2v) is 10.5. The molecular formula is C21H21FN7Tl. The molecule has 3 fully saturated rings. The van der Waals surface area contributed by atoms with E-state index in [-0.39, 0.29) is 5.82 Å². The molecule has 0 saturated heterocycles. The second-order valence-electron chi connectivity index (χ2n) is 8.61. The molecule has 7 nitrogen and oxygen atoms in total. The average Bonchev–Trinajstić information content (AvgIpc) is 3.31. The summed E-state index contributed by atoms with van der Waals surface area (Å²) in [5.41, 5.74) is 1.94. The van der Waals surface area contributed by atoms with Gasteiger partial charge in [-0.3, -0.25) is 0 Å². The maximum atomic E-state index is 14.7. The summed E-state index contributed by atoms with van der Waals surface area (Å²) in [6.45, 7) is 2.32. The van der Waals surface area contributed by atoms with Crippen molar-refractivity contribution in [2.24, 2.45) is 17.8 Å². The summed E-state index contributed by atoms with van der Waals surface area (Å²) in [7, 11) is 0. The quantitative estimate of drug-likeness (QED) is 0.368. The van der Waals surface area contributed by atoms with Crippen LogP contribution in [0.3, 0.4) is 0 Å². The zero-order valence-electron chi connectivity index (χ0n) is 16.7. The molecule has 0 unspecified atom stereocenters. The number of aromatic nitrogens is 6. The topological polar surface area (TPSA) is 72.9 Å². The Bertz CT molecular complexity index is 1260. The molecule has 4 aromatic rings. The molecule has 3 aliphatic carbocycles. The van der Waals surface area contributed by atoms with E-state index in [0.717, 1.165) is 17.0 Å². The van der Waals surface area contributed by atoms with E-state index in [1.165, 1.54) is 31.7 Å². The molecule has 0 spiro atoms. The van der Waals surface area contributed by atoms with Crippen LogP contribution in [-0.4, -0.2) is 59.3 Å². The Kier molecular flexibility index (Phi) is 4.33. The molecule has 3 aliphatic rings. The van der Waals surface area contributed by atoms with E-state index in [1.807, 2.05) is 14.6 Å². The molecule has 0 aliphatic heterocycles. The maximum absolute atomic E-state index is 14.7. The van der Waals surface area contributed by atoms with E-state index in [1.54, 1.807) is 16.9 Å². The van der Waals surface area contributed by atoms with Gasteiger partial charge in [-0.15, -0.1) is 0 Å². The minimum atomic E-state index is -0.306. The van der Waals surface area contributed by atoms with Crippen molar-refractivity contribution in [3.8, 4) is 11.5 Å². The van der Waals surface area contributed by atoms with Gasteiger partial charge in [-0.1, -0.05) is 0 Å². The Morgan fingerprint density at radius 3 is 2.73 bits per heavy atom. The molecule has 9 heteroatoms. The third-order valence-electron chi connectivity index (χ3n) is 7.08. The van der Waals surface area contributed by atoms with Gasteiger partial charge in [0.2, 0.25) is 0 Å². The predicted octanol–water partition coefficient (Wildman–Crippen LogP) is 3.45. The van der Waals surface area contributed by atoms with Crippen molar-refractivity contribution < 1.29 is 4.39 Å². The Morgan fingerprint density at radius 2 is 1.93 bits per heavy atom. The number of fused-ring (bicyclic) bond motifs is 5. The molecule has 2 bridgehead atoms. The van der Waals surface area contributed by atoms with E-state index in [4.69, 9.17) is 4.98 Å². The summed E-state index contributed by atoms with van der Waals surface area (Å²) >= 11 is 0.477. The van der Waals surface area contributed by atoms with Crippen LogP contribution >= 0.6 is 0 Å². The van der Waals surface area contributed by atoms with Gasteiger partial charge >= 0.3 is 190 Å². The fourth-order valence-electron chi connectivity index (χ4n) is 5.49. The molecule has 7 rings (SSSR count). The Labute approximate surface area is 189 Å². The van der Waals surface area contributed by atoms with Crippen molar-refractivity contribution in [1.82, 2.24) is 27.2 Å². The van der Waals surface area contributed by atoms with Crippen LogP contribution in [0.5, 0.6) is 0 Å². The fourth-order valence-corrected chi connectivity index (χ4v) is 6.73. The summed E-state index contributed by atoms with van der Waals surface area (Å²) < 4.78 is 18.2. The van der Waals surface area contributed by atoms with Gasteiger partial charge in [0.25, 0.3) is 0 Å². The van der Waals surface area contributed by atoms with E-state index >= 15 is 0 Å². The van der Waals surface area contributed by atoms with E-state index in [9.17, 15) is 4.39 Å². The third-order valence-corrected chi connectivity index (χ3v) is 8.48. The summed E-state index contributed by atoms with van der Waals surface area (Å²) in [4.78, 5) is 9.26. The van der Waals surface area contributed by atoms with E-state index in [0.29, 0.717) is 66.8 Å². The molecule has 1 N–H and O–H groups in total. The second kappa shape index (κ2) is 6.96. The van der Waals surface area contributed by atoms with Gasteiger partial charge < -0.3 is 0 Å².